The first-order valence-corrected chi connectivity index (χ1v) is 3.44. The molecule has 0 fully saturated rings. The van der Waals surface area contributed by atoms with E-state index >= 15 is 0 Å². The van der Waals surface area contributed by atoms with Crippen molar-refractivity contribution in [2.45, 2.75) is 20.8 Å². The van der Waals surface area contributed by atoms with E-state index < -0.39 is 0 Å². The predicted molar refractivity (Wildman–Crippen MR) is 46.5 cm³/mol. The van der Waals surface area contributed by atoms with Crippen LogP contribution in [0.3, 0.4) is 0 Å². The van der Waals surface area contributed by atoms with Crippen LogP contribution in [-0.4, -0.2) is 10.2 Å². The summed E-state index contributed by atoms with van der Waals surface area (Å²) in [4.78, 5) is 0. The Hall–Kier alpha value is -1.18. The van der Waals surface area contributed by atoms with E-state index in [0.29, 0.717) is 0 Å². The van der Waals surface area contributed by atoms with Crippen molar-refractivity contribution in [2.24, 2.45) is 0 Å². The Balaban J connectivity index is 4.25. The number of allylic oxidation sites excluding steroid dienone is 5. The van der Waals surface area contributed by atoms with Crippen molar-refractivity contribution in [3.63, 3.8) is 0 Å². The first-order valence-electron chi connectivity index (χ1n) is 3.44. The number of hydrogen-bond acceptors (Lipinski definition) is 2. The van der Waals surface area contributed by atoms with Gasteiger partial charge in [-0.25, -0.2) is 0 Å². The molecular weight excluding hydrogens is 140 g/mol. The van der Waals surface area contributed by atoms with Gasteiger partial charge in [0.2, 0.25) is 0 Å². The molecule has 0 saturated carbocycles. The molecule has 0 unspecified atom stereocenters. The van der Waals surface area contributed by atoms with Crippen LogP contribution in [0.2, 0.25) is 0 Å². The van der Waals surface area contributed by atoms with E-state index in [0.717, 1.165) is 5.57 Å². The zero-order chi connectivity index (χ0) is 8.85. The van der Waals surface area contributed by atoms with Gasteiger partial charge in [-0.1, -0.05) is 11.6 Å². The minimum absolute atomic E-state index is 0.0613. The van der Waals surface area contributed by atoms with Crippen molar-refractivity contribution < 1.29 is 10.2 Å². The zero-order valence-corrected chi connectivity index (χ0v) is 7.13. The maximum absolute atomic E-state index is 9.05. The number of hydrogen-bond donors (Lipinski definition) is 2. The minimum atomic E-state index is 0.0613. The van der Waals surface area contributed by atoms with Crippen LogP contribution >= 0.6 is 0 Å². The van der Waals surface area contributed by atoms with Gasteiger partial charge in [0, 0.05) is 6.08 Å². The highest BCUT2D eigenvalue weighted by atomic mass is 16.3. The first kappa shape index (κ1) is 9.82. The van der Waals surface area contributed by atoms with Crippen LogP contribution in [0.15, 0.2) is 35.3 Å². The summed E-state index contributed by atoms with van der Waals surface area (Å²) in [6.07, 6.45) is 4.60. The third-order valence-electron chi connectivity index (χ3n) is 0.944. The molecule has 11 heavy (non-hydrogen) atoms. The van der Waals surface area contributed by atoms with Gasteiger partial charge >= 0.3 is 0 Å². The standard InChI is InChI=1S/C9H14O2/c1-7(2)4-5-9(11)6-8(3)10/h4-6,10-11H,1-3H3/b8-6+,9-5+. The Morgan fingerprint density at radius 3 is 1.91 bits per heavy atom. The second-order valence-electron chi connectivity index (χ2n) is 2.62. The van der Waals surface area contributed by atoms with Gasteiger partial charge in [0.15, 0.2) is 0 Å². The molecular formula is C9H14O2. The highest BCUT2D eigenvalue weighted by Crippen LogP contribution is 1.98. The lowest BCUT2D eigenvalue weighted by Gasteiger charge is -1.90. The van der Waals surface area contributed by atoms with Gasteiger partial charge in [0.25, 0.3) is 0 Å². The fourth-order valence-electron chi connectivity index (χ4n) is 0.514. The molecule has 0 rings (SSSR count). The molecule has 2 heteroatoms. The van der Waals surface area contributed by atoms with Gasteiger partial charge in [0.05, 0.1) is 5.76 Å². The lowest BCUT2D eigenvalue weighted by atomic mass is 10.3. The van der Waals surface area contributed by atoms with E-state index in [-0.39, 0.29) is 11.5 Å². The summed E-state index contributed by atoms with van der Waals surface area (Å²) in [7, 11) is 0. The summed E-state index contributed by atoms with van der Waals surface area (Å²) in [5.74, 6) is 0.159. The molecule has 0 aliphatic heterocycles. The van der Waals surface area contributed by atoms with E-state index in [1.807, 2.05) is 13.8 Å². The smallest absolute Gasteiger partial charge is 0.118 e. The quantitative estimate of drug-likeness (QED) is 0.474. The van der Waals surface area contributed by atoms with Crippen molar-refractivity contribution in [3.05, 3.63) is 35.3 Å². The fourth-order valence-corrected chi connectivity index (χ4v) is 0.514. The van der Waals surface area contributed by atoms with Crippen LogP contribution in [0, 0.1) is 0 Å². The molecule has 2 N–H and O–H groups in total. The number of rotatable bonds is 2. The zero-order valence-electron chi connectivity index (χ0n) is 7.13. The minimum Gasteiger partial charge on any atom is -0.512 e. The van der Waals surface area contributed by atoms with E-state index in [4.69, 9.17) is 10.2 Å². The van der Waals surface area contributed by atoms with E-state index in [1.165, 1.54) is 19.1 Å². The molecule has 0 aromatic carbocycles. The van der Waals surface area contributed by atoms with Crippen molar-refractivity contribution in [1.29, 1.82) is 0 Å². The van der Waals surface area contributed by atoms with Crippen molar-refractivity contribution >= 4 is 0 Å². The van der Waals surface area contributed by atoms with Crippen molar-refractivity contribution in [2.75, 3.05) is 0 Å². The second-order valence-corrected chi connectivity index (χ2v) is 2.62. The van der Waals surface area contributed by atoms with Crippen LogP contribution in [0.25, 0.3) is 0 Å². The third kappa shape index (κ3) is 6.71. The molecule has 0 aliphatic rings. The lowest BCUT2D eigenvalue weighted by molar-refractivity contribution is 0.393. The second kappa shape index (κ2) is 4.61. The highest BCUT2D eigenvalue weighted by Gasteiger charge is 1.85. The largest absolute Gasteiger partial charge is 0.512 e. The Labute approximate surface area is 67.2 Å². The van der Waals surface area contributed by atoms with E-state index in [9.17, 15) is 0 Å². The summed E-state index contributed by atoms with van der Waals surface area (Å²) < 4.78 is 0. The molecule has 0 radical (unpaired) electrons. The molecule has 0 aromatic rings. The van der Waals surface area contributed by atoms with Gasteiger partial charge in [-0.3, -0.25) is 0 Å². The van der Waals surface area contributed by atoms with E-state index in [2.05, 4.69) is 0 Å². The van der Waals surface area contributed by atoms with Crippen LogP contribution in [0.5, 0.6) is 0 Å². The molecule has 0 spiro atoms. The summed E-state index contributed by atoms with van der Waals surface area (Å²) in [6.45, 7) is 5.37. The molecule has 0 bridgehead atoms. The monoisotopic (exact) mass is 154 g/mol. The lowest BCUT2D eigenvalue weighted by Crippen LogP contribution is -1.76. The van der Waals surface area contributed by atoms with Gasteiger partial charge in [-0.2, -0.15) is 0 Å². The third-order valence-corrected chi connectivity index (χ3v) is 0.944. The van der Waals surface area contributed by atoms with Gasteiger partial charge in [0.1, 0.15) is 5.76 Å². The van der Waals surface area contributed by atoms with Crippen molar-refractivity contribution in [3.8, 4) is 0 Å². The maximum atomic E-state index is 9.05. The van der Waals surface area contributed by atoms with Crippen LogP contribution < -0.4 is 0 Å². The predicted octanol–water partition coefficient (Wildman–Crippen LogP) is 2.86. The number of aliphatic hydroxyl groups is 2. The average Bonchev–Trinajstić information content (AvgIpc) is 1.82. The molecule has 0 heterocycles. The summed E-state index contributed by atoms with van der Waals surface area (Å²) in [6, 6.07) is 0. The van der Waals surface area contributed by atoms with Crippen LogP contribution in [0.4, 0.5) is 0 Å². The Morgan fingerprint density at radius 2 is 1.55 bits per heavy atom. The highest BCUT2D eigenvalue weighted by molar-refractivity contribution is 5.20. The molecule has 0 aromatic heterocycles. The summed E-state index contributed by atoms with van der Waals surface area (Å²) in [5.41, 5.74) is 1.10. The van der Waals surface area contributed by atoms with Gasteiger partial charge in [-0.05, 0) is 26.8 Å². The molecule has 0 saturated heterocycles. The molecule has 62 valence electrons. The number of aliphatic hydroxyl groups excluding tert-OH is 2. The first-order chi connectivity index (χ1) is 5.02. The van der Waals surface area contributed by atoms with Gasteiger partial charge < -0.3 is 10.2 Å². The normalized spacial score (nSPS) is 13.0. The van der Waals surface area contributed by atoms with Crippen LogP contribution in [0.1, 0.15) is 20.8 Å². The topological polar surface area (TPSA) is 40.5 Å². The molecule has 2 nitrogen and oxygen atoms in total. The SMILES string of the molecule is CC(C)=C/C=C(O)\C=C(/C)O. The Bertz CT molecular complexity index is 202. The summed E-state index contributed by atoms with van der Waals surface area (Å²) in [5, 5.41) is 17.8. The maximum Gasteiger partial charge on any atom is 0.118 e. The van der Waals surface area contributed by atoms with E-state index in [1.54, 1.807) is 6.08 Å². The van der Waals surface area contributed by atoms with Gasteiger partial charge in [-0.15, -0.1) is 0 Å². The van der Waals surface area contributed by atoms with Crippen molar-refractivity contribution in [1.82, 2.24) is 0 Å². The van der Waals surface area contributed by atoms with Crippen LogP contribution in [-0.2, 0) is 0 Å². The molecule has 0 aliphatic carbocycles. The Kier molecular flexibility index (Phi) is 4.11. The summed E-state index contributed by atoms with van der Waals surface area (Å²) >= 11 is 0. The fraction of sp³-hybridized carbons (Fsp3) is 0.333. The Morgan fingerprint density at radius 1 is 1.00 bits per heavy atom. The average molecular weight is 154 g/mol. The molecule has 0 atom stereocenters. The molecule has 0 amide bonds.